The largest absolute Gasteiger partial charge is 0.506 e. The molecule has 1 aliphatic rings. The van der Waals surface area contributed by atoms with Crippen molar-refractivity contribution in [2.24, 2.45) is 0 Å². The standard InChI is InChI=1S/C16H20N4O5S/c1-12(19-5-4-17-11-19)16(22)18-14-10-13(2-3-15(14)21)26(23,24)20-6-8-25-9-7-20/h2-5,10-12,21H,6-9H2,1H3,(H,18,22)/t12-/m0/s1. The molecule has 1 atom stereocenters. The molecule has 0 spiro atoms. The maximum absolute atomic E-state index is 12.7. The van der Waals surface area contributed by atoms with Crippen molar-refractivity contribution in [3.05, 3.63) is 36.9 Å². The lowest BCUT2D eigenvalue weighted by Gasteiger charge is -2.26. The summed E-state index contributed by atoms with van der Waals surface area (Å²) in [5.74, 6) is -0.615. The molecule has 26 heavy (non-hydrogen) atoms. The first-order valence-electron chi connectivity index (χ1n) is 8.09. The zero-order valence-corrected chi connectivity index (χ0v) is 15.0. The second-order valence-electron chi connectivity index (χ2n) is 5.87. The Balaban J connectivity index is 1.82. The molecule has 140 valence electrons. The minimum absolute atomic E-state index is 0.00258. The van der Waals surface area contributed by atoms with E-state index in [1.165, 1.54) is 28.8 Å². The van der Waals surface area contributed by atoms with Crippen molar-refractivity contribution in [2.75, 3.05) is 31.6 Å². The lowest BCUT2D eigenvalue weighted by Crippen LogP contribution is -2.40. The van der Waals surface area contributed by atoms with E-state index in [1.54, 1.807) is 23.9 Å². The van der Waals surface area contributed by atoms with Gasteiger partial charge in [-0.15, -0.1) is 0 Å². The number of nitrogens with one attached hydrogen (secondary N) is 1. The second kappa shape index (κ2) is 7.44. The molecule has 1 amide bonds. The van der Waals surface area contributed by atoms with Crippen molar-refractivity contribution in [2.45, 2.75) is 17.9 Å². The number of aromatic hydroxyl groups is 1. The van der Waals surface area contributed by atoms with Gasteiger partial charge < -0.3 is 19.7 Å². The number of sulfonamides is 1. The van der Waals surface area contributed by atoms with Gasteiger partial charge in [-0.05, 0) is 25.1 Å². The number of benzene rings is 1. The van der Waals surface area contributed by atoms with E-state index >= 15 is 0 Å². The monoisotopic (exact) mass is 380 g/mol. The van der Waals surface area contributed by atoms with Crippen molar-refractivity contribution in [3.63, 3.8) is 0 Å². The molecule has 1 aromatic heterocycles. The number of hydrogen-bond donors (Lipinski definition) is 2. The third-order valence-corrected chi connectivity index (χ3v) is 6.08. The lowest BCUT2D eigenvalue weighted by atomic mass is 10.2. The van der Waals surface area contributed by atoms with Crippen LogP contribution < -0.4 is 5.32 Å². The third kappa shape index (κ3) is 3.71. The fourth-order valence-corrected chi connectivity index (χ4v) is 4.02. The van der Waals surface area contributed by atoms with Crippen molar-refractivity contribution in [1.29, 1.82) is 0 Å². The topological polar surface area (TPSA) is 114 Å². The molecule has 2 N–H and O–H groups in total. The number of ether oxygens (including phenoxy) is 1. The van der Waals surface area contributed by atoms with Crippen LogP contribution in [-0.2, 0) is 19.6 Å². The van der Waals surface area contributed by atoms with E-state index in [-0.39, 0.29) is 29.4 Å². The van der Waals surface area contributed by atoms with Crippen LogP contribution in [0.25, 0.3) is 0 Å². The predicted molar refractivity (Wildman–Crippen MR) is 93.3 cm³/mol. The molecule has 0 saturated carbocycles. The maximum Gasteiger partial charge on any atom is 0.247 e. The van der Waals surface area contributed by atoms with Crippen LogP contribution in [0.3, 0.4) is 0 Å². The van der Waals surface area contributed by atoms with Gasteiger partial charge in [0.2, 0.25) is 15.9 Å². The molecule has 3 rings (SSSR count). The van der Waals surface area contributed by atoms with Crippen LogP contribution in [0.15, 0.2) is 41.8 Å². The number of phenols is 1. The van der Waals surface area contributed by atoms with Gasteiger partial charge in [-0.3, -0.25) is 4.79 Å². The highest BCUT2D eigenvalue weighted by Gasteiger charge is 2.27. The van der Waals surface area contributed by atoms with Crippen LogP contribution in [0, 0.1) is 0 Å². The summed E-state index contributed by atoms with van der Waals surface area (Å²) in [7, 11) is -3.72. The van der Waals surface area contributed by atoms with Crippen molar-refractivity contribution in [1.82, 2.24) is 13.9 Å². The summed E-state index contributed by atoms with van der Waals surface area (Å²) in [5.41, 5.74) is 0.0382. The molecular weight excluding hydrogens is 360 g/mol. The molecule has 1 saturated heterocycles. The second-order valence-corrected chi connectivity index (χ2v) is 7.81. The van der Waals surface area contributed by atoms with Crippen LogP contribution in [-0.4, -0.2) is 59.6 Å². The van der Waals surface area contributed by atoms with Gasteiger partial charge in [-0.2, -0.15) is 4.31 Å². The Labute approximate surface area is 151 Å². The molecule has 0 bridgehead atoms. The van der Waals surface area contributed by atoms with Crippen LogP contribution in [0.1, 0.15) is 13.0 Å². The van der Waals surface area contributed by atoms with E-state index in [0.29, 0.717) is 13.2 Å². The Hall–Kier alpha value is -2.43. The van der Waals surface area contributed by atoms with Gasteiger partial charge in [-0.25, -0.2) is 13.4 Å². The fourth-order valence-electron chi connectivity index (χ4n) is 2.58. The van der Waals surface area contributed by atoms with Crippen LogP contribution in [0.5, 0.6) is 5.75 Å². The summed E-state index contributed by atoms with van der Waals surface area (Å²) < 4.78 is 33.5. The minimum atomic E-state index is -3.72. The first kappa shape index (κ1) is 18.4. The summed E-state index contributed by atoms with van der Waals surface area (Å²) in [4.78, 5) is 16.3. The molecule has 1 fully saturated rings. The Kier molecular flexibility index (Phi) is 5.25. The van der Waals surface area contributed by atoms with Gasteiger partial charge in [0.15, 0.2) is 0 Å². The molecule has 0 unspecified atom stereocenters. The molecule has 2 aromatic rings. The fraction of sp³-hybridized carbons (Fsp3) is 0.375. The normalized spacial score (nSPS) is 17.0. The molecule has 9 nitrogen and oxygen atoms in total. The number of amides is 1. The predicted octanol–water partition coefficient (Wildman–Crippen LogP) is 0.809. The highest BCUT2D eigenvalue weighted by molar-refractivity contribution is 7.89. The quantitative estimate of drug-likeness (QED) is 0.742. The van der Waals surface area contributed by atoms with E-state index in [2.05, 4.69) is 10.3 Å². The molecule has 0 aliphatic carbocycles. The van der Waals surface area contributed by atoms with E-state index in [4.69, 9.17) is 4.74 Å². The van der Waals surface area contributed by atoms with Crippen molar-refractivity contribution < 1.29 is 23.1 Å². The first-order chi connectivity index (χ1) is 12.4. The van der Waals surface area contributed by atoms with Crippen LogP contribution >= 0.6 is 0 Å². The average Bonchev–Trinajstić information content (AvgIpc) is 3.18. The number of nitrogens with zero attached hydrogens (tertiary/aromatic N) is 3. The van der Waals surface area contributed by atoms with Gasteiger partial charge >= 0.3 is 0 Å². The van der Waals surface area contributed by atoms with E-state index < -0.39 is 22.0 Å². The summed E-state index contributed by atoms with van der Waals surface area (Å²) in [6, 6.07) is 3.26. The number of hydrogen-bond acceptors (Lipinski definition) is 6. The summed E-state index contributed by atoms with van der Waals surface area (Å²) in [6.45, 7) is 2.88. The van der Waals surface area contributed by atoms with Gasteiger partial charge in [-0.1, -0.05) is 0 Å². The third-order valence-electron chi connectivity index (χ3n) is 4.19. The number of morpholine rings is 1. The van der Waals surface area contributed by atoms with Gasteiger partial charge in [0, 0.05) is 25.5 Å². The molecule has 1 aliphatic heterocycles. The minimum Gasteiger partial charge on any atom is -0.506 e. The van der Waals surface area contributed by atoms with Crippen molar-refractivity contribution in [3.8, 4) is 5.75 Å². The average molecular weight is 380 g/mol. The lowest BCUT2D eigenvalue weighted by molar-refractivity contribution is -0.118. The number of imidazole rings is 1. The smallest absolute Gasteiger partial charge is 0.247 e. The van der Waals surface area contributed by atoms with E-state index in [9.17, 15) is 18.3 Å². The highest BCUT2D eigenvalue weighted by atomic mass is 32.2. The number of rotatable bonds is 5. The molecule has 2 heterocycles. The summed E-state index contributed by atoms with van der Waals surface area (Å²) in [5, 5.41) is 12.6. The zero-order chi connectivity index (χ0) is 18.7. The van der Waals surface area contributed by atoms with E-state index in [1.807, 2.05) is 0 Å². The van der Waals surface area contributed by atoms with Crippen LogP contribution in [0.2, 0.25) is 0 Å². The van der Waals surface area contributed by atoms with Gasteiger partial charge in [0.05, 0.1) is 30.1 Å². The highest BCUT2D eigenvalue weighted by Crippen LogP contribution is 2.29. The Morgan fingerprint density at radius 1 is 1.35 bits per heavy atom. The molecule has 0 radical (unpaired) electrons. The SMILES string of the molecule is C[C@@H](C(=O)Nc1cc(S(=O)(=O)N2CCOCC2)ccc1O)n1ccnc1. The Morgan fingerprint density at radius 3 is 2.73 bits per heavy atom. The van der Waals surface area contributed by atoms with Gasteiger partial charge in [0.1, 0.15) is 11.8 Å². The number of carbonyl (C=O) groups excluding carboxylic acids is 1. The Morgan fingerprint density at radius 2 is 2.08 bits per heavy atom. The number of carbonyl (C=O) groups is 1. The van der Waals surface area contributed by atoms with Crippen LogP contribution in [0.4, 0.5) is 5.69 Å². The number of anilines is 1. The maximum atomic E-state index is 12.7. The Bertz CT molecular complexity index is 876. The van der Waals surface area contributed by atoms with E-state index in [0.717, 1.165) is 0 Å². The molecular formula is C16H20N4O5S. The number of aromatic nitrogens is 2. The summed E-state index contributed by atoms with van der Waals surface area (Å²) in [6.07, 6.45) is 4.70. The number of phenolic OH excluding ortho intramolecular Hbond substituents is 1. The van der Waals surface area contributed by atoms with Crippen molar-refractivity contribution >= 4 is 21.6 Å². The summed E-state index contributed by atoms with van der Waals surface area (Å²) >= 11 is 0. The first-order valence-corrected chi connectivity index (χ1v) is 9.53. The zero-order valence-electron chi connectivity index (χ0n) is 14.2. The van der Waals surface area contributed by atoms with Gasteiger partial charge in [0.25, 0.3) is 0 Å². The molecule has 10 heteroatoms. The molecule has 1 aromatic carbocycles.